The molecule has 1 aromatic heterocycles. The summed E-state index contributed by atoms with van der Waals surface area (Å²) in [5, 5.41) is 9.60. The van der Waals surface area contributed by atoms with Crippen molar-refractivity contribution >= 4 is 17.8 Å². The lowest BCUT2D eigenvalue weighted by atomic mass is 9.80. The van der Waals surface area contributed by atoms with Crippen LogP contribution in [0.25, 0.3) is 0 Å². The molecule has 6 heteroatoms. The number of carboxylic acid groups (broad SMARTS) is 1. The topological polar surface area (TPSA) is 87.6 Å². The molecule has 0 aromatic carbocycles. The van der Waals surface area contributed by atoms with Crippen LogP contribution in [0.3, 0.4) is 0 Å². The molecule has 0 bridgehead atoms. The Morgan fingerprint density at radius 1 is 1.15 bits per heavy atom. The van der Waals surface area contributed by atoms with Gasteiger partial charge in [-0.05, 0) is 18.9 Å². The van der Waals surface area contributed by atoms with Crippen molar-refractivity contribution in [1.82, 2.24) is 9.88 Å². The van der Waals surface area contributed by atoms with Crippen molar-refractivity contribution in [3.8, 4) is 0 Å². The molecular weight excluding hydrogens is 260 g/mol. The molecule has 0 spiro atoms. The number of pyridine rings is 1. The number of nitrogens with zero attached hydrogens (tertiary/aromatic N) is 2. The second-order valence-electron chi connectivity index (χ2n) is 5.26. The molecule has 2 amide bonds. The lowest BCUT2D eigenvalue weighted by molar-refractivity contribution is -0.150. The number of hydrogen-bond acceptors (Lipinski definition) is 4. The summed E-state index contributed by atoms with van der Waals surface area (Å²) in [7, 11) is 0. The predicted octanol–water partition coefficient (Wildman–Crippen LogP) is 1.47. The second-order valence-corrected chi connectivity index (χ2v) is 5.26. The Morgan fingerprint density at radius 2 is 1.80 bits per heavy atom. The average molecular weight is 274 g/mol. The Kier molecular flexibility index (Phi) is 2.81. The Balaban J connectivity index is 2.08. The molecule has 1 aliphatic carbocycles. The summed E-state index contributed by atoms with van der Waals surface area (Å²) in [4.78, 5) is 41.4. The molecule has 20 heavy (non-hydrogen) atoms. The molecule has 6 nitrogen and oxygen atoms in total. The van der Waals surface area contributed by atoms with Gasteiger partial charge in [-0.3, -0.25) is 19.5 Å². The zero-order valence-corrected chi connectivity index (χ0v) is 10.8. The summed E-state index contributed by atoms with van der Waals surface area (Å²) < 4.78 is 0. The van der Waals surface area contributed by atoms with Gasteiger partial charge in [-0.1, -0.05) is 19.3 Å². The molecule has 3 rings (SSSR count). The molecule has 1 aliphatic heterocycles. The van der Waals surface area contributed by atoms with Crippen LogP contribution in [0.1, 0.15) is 52.8 Å². The maximum atomic E-state index is 12.4. The average Bonchev–Trinajstić information content (AvgIpc) is 2.72. The standard InChI is InChI=1S/C14H14N2O4/c17-11-9-4-7-15-8-10(9)12(18)16(11)14(13(19)20)5-2-1-3-6-14/h4,7-8H,1-3,5-6H2,(H,19,20). The van der Waals surface area contributed by atoms with E-state index >= 15 is 0 Å². The van der Waals surface area contributed by atoms with E-state index in [9.17, 15) is 19.5 Å². The van der Waals surface area contributed by atoms with E-state index in [4.69, 9.17) is 0 Å². The van der Waals surface area contributed by atoms with Gasteiger partial charge in [-0.15, -0.1) is 0 Å². The summed E-state index contributed by atoms with van der Waals surface area (Å²) in [6.07, 6.45) is 5.74. The van der Waals surface area contributed by atoms with Crippen LogP contribution in [0.4, 0.5) is 0 Å². The zero-order valence-electron chi connectivity index (χ0n) is 10.8. The number of hydrogen-bond donors (Lipinski definition) is 1. The van der Waals surface area contributed by atoms with Gasteiger partial charge in [0, 0.05) is 12.4 Å². The summed E-state index contributed by atoms with van der Waals surface area (Å²) in [5.74, 6) is -2.15. The molecule has 1 N–H and O–H groups in total. The van der Waals surface area contributed by atoms with Crippen molar-refractivity contribution in [1.29, 1.82) is 0 Å². The van der Waals surface area contributed by atoms with Crippen LogP contribution in [0.15, 0.2) is 18.5 Å². The second kappa shape index (κ2) is 4.40. The van der Waals surface area contributed by atoms with E-state index in [0.717, 1.165) is 11.3 Å². The quantitative estimate of drug-likeness (QED) is 0.825. The van der Waals surface area contributed by atoms with Crippen LogP contribution in [-0.2, 0) is 4.79 Å². The summed E-state index contributed by atoms with van der Waals surface area (Å²) >= 11 is 0. The zero-order chi connectivity index (χ0) is 14.3. The third-order valence-electron chi connectivity index (χ3n) is 4.19. The van der Waals surface area contributed by atoms with Crippen LogP contribution in [0.5, 0.6) is 0 Å². The summed E-state index contributed by atoms with van der Waals surface area (Å²) in [5.41, 5.74) is -0.953. The molecule has 1 fully saturated rings. The fourth-order valence-electron chi connectivity index (χ4n) is 3.14. The number of fused-ring (bicyclic) bond motifs is 1. The van der Waals surface area contributed by atoms with E-state index in [1.54, 1.807) is 0 Å². The third-order valence-corrected chi connectivity index (χ3v) is 4.19. The number of carbonyl (C=O) groups is 3. The van der Waals surface area contributed by atoms with Crippen LogP contribution in [0.2, 0.25) is 0 Å². The fourth-order valence-corrected chi connectivity index (χ4v) is 3.14. The number of imide groups is 1. The van der Waals surface area contributed by atoms with E-state index in [1.165, 1.54) is 18.5 Å². The van der Waals surface area contributed by atoms with Crippen LogP contribution >= 0.6 is 0 Å². The van der Waals surface area contributed by atoms with Crippen molar-refractivity contribution in [2.45, 2.75) is 37.6 Å². The molecule has 1 aromatic rings. The lowest BCUT2D eigenvalue weighted by Gasteiger charge is -2.39. The Hall–Kier alpha value is -2.24. The maximum absolute atomic E-state index is 12.4. The molecule has 0 saturated heterocycles. The van der Waals surface area contributed by atoms with Gasteiger partial charge >= 0.3 is 5.97 Å². The van der Waals surface area contributed by atoms with Gasteiger partial charge in [-0.25, -0.2) is 4.79 Å². The first kappa shape index (κ1) is 12.8. The van der Waals surface area contributed by atoms with Gasteiger partial charge in [0.05, 0.1) is 11.1 Å². The highest BCUT2D eigenvalue weighted by Gasteiger charge is 2.54. The van der Waals surface area contributed by atoms with E-state index in [1.807, 2.05) is 0 Å². The number of rotatable bonds is 2. The van der Waals surface area contributed by atoms with Gasteiger partial charge in [0.2, 0.25) is 0 Å². The van der Waals surface area contributed by atoms with Crippen molar-refractivity contribution in [2.24, 2.45) is 0 Å². The normalized spacial score (nSPS) is 20.9. The number of amides is 2. The first-order chi connectivity index (χ1) is 9.58. The van der Waals surface area contributed by atoms with Gasteiger partial charge < -0.3 is 5.11 Å². The number of carboxylic acids is 1. The molecule has 2 heterocycles. The van der Waals surface area contributed by atoms with Gasteiger partial charge in [-0.2, -0.15) is 0 Å². The number of aliphatic carboxylic acids is 1. The monoisotopic (exact) mass is 274 g/mol. The molecule has 0 atom stereocenters. The van der Waals surface area contributed by atoms with E-state index in [-0.39, 0.29) is 11.1 Å². The van der Waals surface area contributed by atoms with E-state index in [2.05, 4.69) is 4.98 Å². The highest BCUT2D eigenvalue weighted by atomic mass is 16.4. The highest BCUT2D eigenvalue weighted by molar-refractivity contribution is 6.23. The largest absolute Gasteiger partial charge is 0.479 e. The molecule has 0 unspecified atom stereocenters. The first-order valence-electron chi connectivity index (χ1n) is 6.64. The molecular formula is C14H14N2O4. The van der Waals surface area contributed by atoms with Gasteiger partial charge in [0.25, 0.3) is 11.8 Å². The highest BCUT2D eigenvalue weighted by Crippen LogP contribution is 2.39. The van der Waals surface area contributed by atoms with Crippen molar-refractivity contribution in [2.75, 3.05) is 0 Å². The summed E-state index contributed by atoms with van der Waals surface area (Å²) in [6.45, 7) is 0. The van der Waals surface area contributed by atoms with E-state index in [0.29, 0.717) is 25.7 Å². The first-order valence-corrected chi connectivity index (χ1v) is 6.64. The Morgan fingerprint density at radius 3 is 2.40 bits per heavy atom. The summed E-state index contributed by atoms with van der Waals surface area (Å²) in [6, 6.07) is 1.47. The van der Waals surface area contributed by atoms with Crippen molar-refractivity contribution < 1.29 is 19.5 Å². The molecule has 1 saturated carbocycles. The fraction of sp³-hybridized carbons (Fsp3) is 0.429. The smallest absolute Gasteiger partial charge is 0.330 e. The van der Waals surface area contributed by atoms with Gasteiger partial charge in [0.15, 0.2) is 0 Å². The minimum absolute atomic E-state index is 0.198. The molecule has 0 radical (unpaired) electrons. The Labute approximate surface area is 115 Å². The number of aromatic nitrogens is 1. The van der Waals surface area contributed by atoms with Gasteiger partial charge in [0.1, 0.15) is 5.54 Å². The Bertz CT molecular complexity index is 570. The molecule has 2 aliphatic rings. The van der Waals surface area contributed by atoms with Crippen molar-refractivity contribution in [3.05, 3.63) is 29.6 Å². The minimum Gasteiger partial charge on any atom is -0.479 e. The van der Waals surface area contributed by atoms with E-state index < -0.39 is 23.3 Å². The van der Waals surface area contributed by atoms with Crippen LogP contribution < -0.4 is 0 Å². The minimum atomic E-state index is -1.40. The maximum Gasteiger partial charge on any atom is 0.330 e. The lowest BCUT2D eigenvalue weighted by Crippen LogP contribution is -2.58. The SMILES string of the molecule is O=C1c2ccncc2C(=O)N1C1(C(=O)O)CCCCC1. The molecule has 104 valence electrons. The predicted molar refractivity (Wildman–Crippen MR) is 68.2 cm³/mol. The van der Waals surface area contributed by atoms with Crippen LogP contribution in [0, 0.1) is 0 Å². The van der Waals surface area contributed by atoms with Crippen LogP contribution in [-0.4, -0.2) is 38.3 Å². The van der Waals surface area contributed by atoms with Crippen molar-refractivity contribution in [3.63, 3.8) is 0 Å². The number of carbonyl (C=O) groups excluding carboxylic acids is 2. The third kappa shape index (κ3) is 1.57.